The molecular weight excluding hydrogens is 362 g/mol. The van der Waals surface area contributed by atoms with Crippen molar-refractivity contribution in [3.05, 3.63) is 77.8 Å². The van der Waals surface area contributed by atoms with Gasteiger partial charge >= 0.3 is 0 Å². The maximum absolute atomic E-state index is 13.3. The zero-order valence-corrected chi connectivity index (χ0v) is 14.8. The van der Waals surface area contributed by atoms with E-state index in [9.17, 15) is 8.42 Å². The first-order valence-electron chi connectivity index (χ1n) is 7.24. The molecule has 0 spiro atoms. The quantitative estimate of drug-likeness (QED) is 0.609. The van der Waals surface area contributed by atoms with Crippen LogP contribution in [0, 0.1) is 0 Å². The van der Waals surface area contributed by atoms with Crippen LogP contribution in [0.3, 0.4) is 0 Å². The van der Waals surface area contributed by atoms with Crippen LogP contribution < -0.4 is 4.31 Å². The maximum Gasteiger partial charge on any atom is 0.268 e. The van der Waals surface area contributed by atoms with E-state index >= 15 is 0 Å². The smallest absolute Gasteiger partial charge is 0.232 e. The van der Waals surface area contributed by atoms with Gasteiger partial charge in [-0.05, 0) is 48.5 Å². The number of benzene rings is 3. The van der Waals surface area contributed by atoms with Crippen LogP contribution in [-0.2, 0) is 10.0 Å². The molecule has 0 amide bonds. The van der Waals surface area contributed by atoms with Crippen molar-refractivity contribution in [2.75, 3.05) is 4.31 Å². The van der Waals surface area contributed by atoms with Crippen molar-refractivity contribution >= 4 is 44.8 Å². The highest BCUT2D eigenvalue weighted by Gasteiger charge is 2.33. The Bertz CT molecular complexity index is 972. The number of halogens is 1. The van der Waals surface area contributed by atoms with E-state index < -0.39 is 10.0 Å². The second-order valence-corrected chi connectivity index (χ2v) is 8.57. The molecule has 120 valence electrons. The molecule has 6 heteroatoms. The summed E-state index contributed by atoms with van der Waals surface area (Å²) in [5, 5.41) is 0.504. The number of hydrogen-bond acceptors (Lipinski definition) is 3. The van der Waals surface area contributed by atoms with Gasteiger partial charge in [0.05, 0.1) is 16.3 Å². The summed E-state index contributed by atoms with van der Waals surface area (Å²) < 4.78 is 28.0. The molecule has 4 rings (SSSR count). The minimum Gasteiger partial charge on any atom is -0.232 e. The van der Waals surface area contributed by atoms with Gasteiger partial charge in [0.1, 0.15) is 0 Å². The standard InChI is InChI=1S/C18H12ClNO2S2/c19-13-9-11-14(12-10-13)24(21,22)20-15-5-1-3-7-17(15)23-18-8-4-2-6-16(18)20/h1-12H. The van der Waals surface area contributed by atoms with Crippen LogP contribution in [-0.4, -0.2) is 8.42 Å². The first-order chi connectivity index (χ1) is 11.6. The van der Waals surface area contributed by atoms with Crippen LogP contribution >= 0.6 is 23.4 Å². The van der Waals surface area contributed by atoms with Gasteiger partial charge in [0, 0.05) is 14.8 Å². The van der Waals surface area contributed by atoms with Gasteiger partial charge in [0.2, 0.25) is 0 Å². The van der Waals surface area contributed by atoms with E-state index in [0.29, 0.717) is 16.4 Å². The van der Waals surface area contributed by atoms with E-state index in [4.69, 9.17) is 11.6 Å². The molecule has 1 aliphatic heterocycles. The molecule has 3 aromatic rings. The predicted molar refractivity (Wildman–Crippen MR) is 97.8 cm³/mol. The lowest BCUT2D eigenvalue weighted by Gasteiger charge is -2.31. The second kappa shape index (κ2) is 5.84. The Labute approximate surface area is 149 Å². The number of hydrogen-bond donors (Lipinski definition) is 0. The van der Waals surface area contributed by atoms with Crippen LogP contribution in [0.5, 0.6) is 0 Å². The van der Waals surface area contributed by atoms with E-state index in [1.807, 2.05) is 48.5 Å². The molecule has 0 fully saturated rings. The fourth-order valence-electron chi connectivity index (χ4n) is 2.64. The summed E-state index contributed by atoms with van der Waals surface area (Å²) >= 11 is 7.47. The molecule has 1 heterocycles. The number of fused-ring (bicyclic) bond motifs is 2. The normalized spacial score (nSPS) is 13.3. The summed E-state index contributed by atoms with van der Waals surface area (Å²) in [6, 6.07) is 21.3. The van der Waals surface area contributed by atoms with Crippen molar-refractivity contribution in [1.29, 1.82) is 0 Å². The second-order valence-electron chi connectivity index (χ2n) is 5.26. The van der Waals surface area contributed by atoms with Gasteiger partial charge < -0.3 is 0 Å². The molecule has 0 unspecified atom stereocenters. The van der Waals surface area contributed by atoms with Crippen LogP contribution in [0.1, 0.15) is 0 Å². The van der Waals surface area contributed by atoms with E-state index in [-0.39, 0.29) is 4.90 Å². The number of nitrogens with zero attached hydrogens (tertiary/aromatic N) is 1. The summed E-state index contributed by atoms with van der Waals surface area (Å²) in [5.74, 6) is 0. The first kappa shape index (κ1) is 15.6. The SMILES string of the molecule is O=S(=O)(c1ccc(Cl)cc1)N1c2ccccc2Sc2ccccc21. The van der Waals surface area contributed by atoms with Crippen molar-refractivity contribution in [2.24, 2.45) is 0 Å². The Hall–Kier alpha value is -1.95. The number of para-hydroxylation sites is 2. The molecule has 3 aromatic carbocycles. The summed E-state index contributed by atoms with van der Waals surface area (Å²) in [6.45, 7) is 0. The lowest BCUT2D eigenvalue weighted by atomic mass is 10.2. The van der Waals surface area contributed by atoms with Gasteiger partial charge in [-0.25, -0.2) is 12.7 Å². The zero-order valence-electron chi connectivity index (χ0n) is 12.4. The lowest BCUT2D eigenvalue weighted by molar-refractivity contribution is 0.595. The Morgan fingerprint density at radius 3 is 1.79 bits per heavy atom. The largest absolute Gasteiger partial charge is 0.268 e. The van der Waals surface area contributed by atoms with Crippen LogP contribution in [0.2, 0.25) is 5.02 Å². The molecule has 3 nitrogen and oxygen atoms in total. The van der Waals surface area contributed by atoms with Crippen molar-refractivity contribution in [3.63, 3.8) is 0 Å². The number of anilines is 2. The highest BCUT2D eigenvalue weighted by molar-refractivity contribution is 8.00. The third kappa shape index (κ3) is 2.49. The minimum atomic E-state index is -3.74. The van der Waals surface area contributed by atoms with E-state index in [1.54, 1.807) is 23.9 Å². The number of rotatable bonds is 2. The van der Waals surface area contributed by atoms with Gasteiger partial charge in [-0.15, -0.1) is 0 Å². The zero-order chi connectivity index (χ0) is 16.7. The van der Waals surface area contributed by atoms with E-state index in [0.717, 1.165) is 9.79 Å². The third-order valence-corrected chi connectivity index (χ3v) is 6.86. The minimum absolute atomic E-state index is 0.211. The third-order valence-electron chi connectivity index (χ3n) is 3.74. The van der Waals surface area contributed by atoms with Crippen molar-refractivity contribution in [2.45, 2.75) is 14.7 Å². The van der Waals surface area contributed by atoms with Crippen LogP contribution in [0.15, 0.2) is 87.5 Å². The lowest BCUT2D eigenvalue weighted by Crippen LogP contribution is -2.28. The Morgan fingerprint density at radius 1 is 0.750 bits per heavy atom. The Morgan fingerprint density at radius 2 is 1.25 bits per heavy atom. The van der Waals surface area contributed by atoms with Gasteiger partial charge in [-0.3, -0.25) is 0 Å². The molecular formula is C18H12ClNO2S2. The van der Waals surface area contributed by atoms with Gasteiger partial charge in [0.15, 0.2) is 0 Å². The molecule has 24 heavy (non-hydrogen) atoms. The fraction of sp³-hybridized carbons (Fsp3) is 0. The molecule has 0 radical (unpaired) electrons. The summed E-state index contributed by atoms with van der Waals surface area (Å²) in [7, 11) is -3.74. The van der Waals surface area contributed by atoms with Crippen molar-refractivity contribution < 1.29 is 8.42 Å². The summed E-state index contributed by atoms with van der Waals surface area (Å²) in [5.41, 5.74) is 1.33. The predicted octanol–water partition coefficient (Wildman–Crippen LogP) is 5.33. The Kier molecular flexibility index (Phi) is 3.79. The van der Waals surface area contributed by atoms with E-state index in [1.165, 1.54) is 16.4 Å². The van der Waals surface area contributed by atoms with Gasteiger partial charge in [-0.1, -0.05) is 47.6 Å². The maximum atomic E-state index is 13.3. The summed E-state index contributed by atoms with van der Waals surface area (Å²) in [4.78, 5) is 2.03. The topological polar surface area (TPSA) is 37.4 Å². The Balaban J connectivity index is 1.96. The molecule has 1 aliphatic rings. The average molecular weight is 374 g/mol. The monoisotopic (exact) mass is 373 g/mol. The highest BCUT2D eigenvalue weighted by Crippen LogP contribution is 2.49. The van der Waals surface area contributed by atoms with Crippen LogP contribution in [0.25, 0.3) is 0 Å². The fourth-order valence-corrected chi connectivity index (χ4v) is 5.47. The molecule has 0 bridgehead atoms. The first-order valence-corrected chi connectivity index (χ1v) is 9.88. The molecule has 0 saturated carbocycles. The summed E-state index contributed by atoms with van der Waals surface area (Å²) in [6.07, 6.45) is 0. The highest BCUT2D eigenvalue weighted by atomic mass is 35.5. The van der Waals surface area contributed by atoms with Gasteiger partial charge in [0.25, 0.3) is 10.0 Å². The van der Waals surface area contributed by atoms with Crippen molar-refractivity contribution in [1.82, 2.24) is 0 Å². The molecule has 0 atom stereocenters. The molecule has 0 N–H and O–H groups in total. The van der Waals surface area contributed by atoms with Crippen molar-refractivity contribution in [3.8, 4) is 0 Å². The molecule has 0 aromatic heterocycles. The molecule has 0 saturated heterocycles. The van der Waals surface area contributed by atoms with Gasteiger partial charge in [-0.2, -0.15) is 0 Å². The number of sulfonamides is 1. The van der Waals surface area contributed by atoms with Crippen LogP contribution in [0.4, 0.5) is 11.4 Å². The average Bonchev–Trinajstić information content (AvgIpc) is 2.59. The van der Waals surface area contributed by atoms with E-state index in [2.05, 4.69) is 0 Å². The molecule has 0 aliphatic carbocycles.